The molecule has 154 valence electrons. The van der Waals surface area contributed by atoms with E-state index in [9.17, 15) is 14.5 Å². The highest BCUT2D eigenvalue weighted by molar-refractivity contribution is 7.14. The Balaban J connectivity index is 1.88. The lowest BCUT2D eigenvalue weighted by Gasteiger charge is -2.15. The van der Waals surface area contributed by atoms with Crippen molar-refractivity contribution < 1.29 is 18.9 Å². The van der Waals surface area contributed by atoms with Crippen molar-refractivity contribution in [2.45, 2.75) is 26.3 Å². The zero-order valence-electron chi connectivity index (χ0n) is 16.6. The SMILES string of the molecule is CC[C@@H](Nc1n[s+]([O-])nc1Nc1cccc(C(=O)N(C)C)c1O)c1ccc(C)o1. The molecule has 0 aliphatic heterocycles. The Morgan fingerprint density at radius 3 is 2.62 bits per heavy atom. The number of anilines is 3. The number of phenolic OH excluding ortho intramolecular Hbond substituents is 1. The number of hydrogen-bond acceptors (Lipinski definition) is 8. The number of aryl methyl sites for hydroxylation is 1. The summed E-state index contributed by atoms with van der Waals surface area (Å²) in [6, 6.07) is 8.30. The molecule has 0 aliphatic rings. The molecule has 1 amide bonds. The van der Waals surface area contributed by atoms with Gasteiger partial charge in [-0.3, -0.25) is 4.79 Å². The van der Waals surface area contributed by atoms with Gasteiger partial charge in [-0.15, -0.1) is 0 Å². The standard InChI is InChI=1S/C19H23N5O4S/c1-5-13(15-10-9-11(2)28-15)20-17-18(23-29(27)22-17)21-14-8-6-7-12(16(14)25)19(26)24(3)4/h6-10,13,25H,5H2,1-4H3,(H,20,22)(H,21,23)/t13-,29?/m1/s1. The van der Waals surface area contributed by atoms with E-state index in [0.717, 1.165) is 11.5 Å². The van der Waals surface area contributed by atoms with Gasteiger partial charge in [0.25, 0.3) is 5.91 Å². The fraction of sp³-hybridized carbons (Fsp3) is 0.316. The zero-order chi connectivity index (χ0) is 21.1. The summed E-state index contributed by atoms with van der Waals surface area (Å²) in [5, 5.41) is 16.6. The topological polar surface area (TPSA) is 127 Å². The molecule has 0 radical (unpaired) electrons. The summed E-state index contributed by atoms with van der Waals surface area (Å²) in [6.45, 7) is 3.84. The van der Waals surface area contributed by atoms with Crippen molar-refractivity contribution >= 4 is 34.4 Å². The minimum atomic E-state index is -1.79. The average Bonchev–Trinajstić information content (AvgIpc) is 3.26. The molecule has 3 rings (SSSR count). The lowest BCUT2D eigenvalue weighted by atomic mass is 10.1. The van der Waals surface area contributed by atoms with E-state index in [4.69, 9.17) is 4.42 Å². The number of nitrogens with one attached hydrogen (secondary N) is 2. The molecule has 0 spiro atoms. The van der Waals surface area contributed by atoms with E-state index in [1.165, 1.54) is 11.0 Å². The maximum absolute atomic E-state index is 12.2. The molecule has 0 saturated heterocycles. The highest BCUT2D eigenvalue weighted by Crippen LogP contribution is 2.35. The number of nitrogens with zero attached hydrogens (tertiary/aromatic N) is 3. The van der Waals surface area contributed by atoms with Gasteiger partial charge in [-0.05, 0) is 37.6 Å². The first kappa shape index (κ1) is 20.6. The molecule has 1 unspecified atom stereocenters. The number of aromatic hydroxyl groups is 1. The van der Waals surface area contributed by atoms with Gasteiger partial charge in [0.15, 0.2) is 16.9 Å². The van der Waals surface area contributed by atoms with Gasteiger partial charge >= 0.3 is 0 Å². The number of furan rings is 1. The van der Waals surface area contributed by atoms with E-state index in [0.29, 0.717) is 6.42 Å². The molecule has 3 N–H and O–H groups in total. The van der Waals surface area contributed by atoms with E-state index in [1.54, 1.807) is 26.2 Å². The lowest BCUT2D eigenvalue weighted by Crippen LogP contribution is -2.21. The van der Waals surface area contributed by atoms with Gasteiger partial charge in [0, 0.05) is 22.8 Å². The minimum absolute atomic E-state index is 0.142. The van der Waals surface area contributed by atoms with Crippen LogP contribution in [0, 0.1) is 6.92 Å². The first-order valence-electron chi connectivity index (χ1n) is 9.03. The fourth-order valence-electron chi connectivity index (χ4n) is 2.81. The molecule has 29 heavy (non-hydrogen) atoms. The third-order valence-corrected chi connectivity index (χ3v) is 4.99. The number of phenols is 1. The molecule has 0 saturated carbocycles. The fourth-order valence-corrected chi connectivity index (χ4v) is 3.43. The van der Waals surface area contributed by atoms with Crippen LogP contribution in [0.4, 0.5) is 17.3 Å². The number of carbonyl (C=O) groups is 1. The van der Waals surface area contributed by atoms with Crippen LogP contribution < -0.4 is 10.6 Å². The minimum Gasteiger partial charge on any atom is -0.546 e. The van der Waals surface area contributed by atoms with E-state index in [2.05, 4.69) is 19.4 Å². The second kappa shape index (κ2) is 8.50. The van der Waals surface area contributed by atoms with E-state index in [-0.39, 0.29) is 40.6 Å². The second-order valence-corrected chi connectivity index (χ2v) is 7.52. The average molecular weight is 417 g/mol. The van der Waals surface area contributed by atoms with Gasteiger partial charge in [-0.1, -0.05) is 13.0 Å². The Morgan fingerprint density at radius 1 is 1.28 bits per heavy atom. The van der Waals surface area contributed by atoms with Crippen molar-refractivity contribution in [2.24, 2.45) is 0 Å². The van der Waals surface area contributed by atoms with Crippen LogP contribution in [0.15, 0.2) is 34.7 Å². The van der Waals surface area contributed by atoms with Crippen LogP contribution in [0.3, 0.4) is 0 Å². The largest absolute Gasteiger partial charge is 0.546 e. The summed E-state index contributed by atoms with van der Waals surface area (Å²) in [5.74, 6) is 1.44. The predicted molar refractivity (Wildman–Crippen MR) is 110 cm³/mol. The first-order chi connectivity index (χ1) is 13.8. The quantitative estimate of drug-likeness (QED) is 0.391. The van der Waals surface area contributed by atoms with E-state index in [1.807, 2.05) is 26.0 Å². The lowest BCUT2D eigenvalue weighted by molar-refractivity contribution is 0.0824. The molecule has 1 aromatic carbocycles. The van der Waals surface area contributed by atoms with Crippen LogP contribution in [-0.4, -0.2) is 43.3 Å². The van der Waals surface area contributed by atoms with Crippen molar-refractivity contribution in [3.63, 3.8) is 0 Å². The summed E-state index contributed by atoms with van der Waals surface area (Å²) in [4.78, 5) is 13.6. The Kier molecular flexibility index (Phi) is 6.04. The Labute approximate surface area is 171 Å². The molecule has 2 heterocycles. The molecule has 10 heteroatoms. The maximum atomic E-state index is 12.2. The third-order valence-electron chi connectivity index (χ3n) is 4.31. The second-order valence-electron chi connectivity index (χ2n) is 6.69. The molecule has 9 nitrogen and oxygen atoms in total. The van der Waals surface area contributed by atoms with Gasteiger partial charge < -0.3 is 29.6 Å². The summed E-state index contributed by atoms with van der Waals surface area (Å²) < 4.78 is 25.6. The van der Waals surface area contributed by atoms with Gasteiger partial charge in [-0.2, -0.15) is 0 Å². The molecule has 2 atom stereocenters. The molecule has 0 bridgehead atoms. The van der Waals surface area contributed by atoms with Gasteiger partial charge in [0.1, 0.15) is 11.5 Å². The third kappa shape index (κ3) is 4.49. The molecule has 3 aromatic rings. The number of benzene rings is 1. The van der Waals surface area contributed by atoms with Crippen LogP contribution in [0.25, 0.3) is 0 Å². The van der Waals surface area contributed by atoms with Crippen LogP contribution >= 0.6 is 11.1 Å². The summed E-state index contributed by atoms with van der Waals surface area (Å²) >= 11 is -1.79. The van der Waals surface area contributed by atoms with Crippen LogP contribution in [0.1, 0.15) is 41.3 Å². The van der Waals surface area contributed by atoms with Crippen molar-refractivity contribution in [1.82, 2.24) is 13.6 Å². The van der Waals surface area contributed by atoms with E-state index >= 15 is 0 Å². The molecular weight excluding hydrogens is 394 g/mol. The number of para-hydroxylation sites is 1. The summed E-state index contributed by atoms with van der Waals surface area (Å²) in [7, 11) is 3.20. The maximum Gasteiger partial charge on any atom is 0.257 e. The van der Waals surface area contributed by atoms with Gasteiger partial charge in [0.05, 0.1) is 17.3 Å². The molecular formula is C19H23N5O4S. The highest BCUT2D eigenvalue weighted by Gasteiger charge is 2.23. The predicted octanol–water partition coefficient (Wildman–Crippen LogP) is 3.82. The zero-order valence-corrected chi connectivity index (χ0v) is 17.4. The number of carbonyl (C=O) groups excluding carboxylic acids is 1. The summed E-state index contributed by atoms with van der Waals surface area (Å²) in [5.41, 5.74) is 0.399. The first-order valence-corrected chi connectivity index (χ1v) is 10.1. The Morgan fingerprint density at radius 2 is 2.00 bits per heavy atom. The van der Waals surface area contributed by atoms with Gasteiger partial charge in [-0.25, -0.2) is 0 Å². The summed E-state index contributed by atoms with van der Waals surface area (Å²) in [6.07, 6.45) is 0.698. The number of aromatic nitrogens is 2. The van der Waals surface area contributed by atoms with Crippen molar-refractivity contribution in [1.29, 1.82) is 0 Å². The molecule has 2 aromatic heterocycles. The number of amides is 1. The van der Waals surface area contributed by atoms with Crippen molar-refractivity contribution in [2.75, 3.05) is 24.7 Å². The van der Waals surface area contributed by atoms with Crippen LogP contribution in [0.2, 0.25) is 0 Å². The van der Waals surface area contributed by atoms with Gasteiger partial charge in [0.2, 0.25) is 11.6 Å². The van der Waals surface area contributed by atoms with Crippen molar-refractivity contribution in [3.05, 3.63) is 47.4 Å². The Hall–Kier alpha value is -3.11. The molecule has 0 fully saturated rings. The normalized spacial score (nSPS) is 12.5. The monoisotopic (exact) mass is 417 g/mol. The smallest absolute Gasteiger partial charge is 0.257 e. The van der Waals surface area contributed by atoms with Crippen LogP contribution in [-0.2, 0) is 0 Å². The number of hydrogen-bond donors (Lipinski definition) is 3. The number of rotatable bonds is 7. The van der Waals surface area contributed by atoms with Crippen LogP contribution in [0.5, 0.6) is 5.75 Å². The van der Waals surface area contributed by atoms with Crippen molar-refractivity contribution in [3.8, 4) is 5.75 Å². The highest BCUT2D eigenvalue weighted by atomic mass is 32.2. The van der Waals surface area contributed by atoms with E-state index < -0.39 is 11.1 Å². The molecule has 0 aliphatic carbocycles. The Bertz CT molecular complexity index is 1010.